The summed E-state index contributed by atoms with van der Waals surface area (Å²) in [6, 6.07) is 12.7. The van der Waals surface area contributed by atoms with Crippen LogP contribution in [0.25, 0.3) is 10.9 Å². The first kappa shape index (κ1) is 13.2. The van der Waals surface area contributed by atoms with Crippen LogP contribution in [-0.4, -0.2) is 4.57 Å². The van der Waals surface area contributed by atoms with E-state index in [1.165, 1.54) is 12.1 Å². The summed E-state index contributed by atoms with van der Waals surface area (Å²) >= 11 is 6.08. The zero-order chi connectivity index (χ0) is 14.1. The second-order valence-electron chi connectivity index (χ2n) is 4.78. The Hall–Kier alpha value is -1.84. The number of nitrogens with two attached hydrogens (primary N) is 1. The van der Waals surface area contributed by atoms with Crippen molar-refractivity contribution in [1.82, 2.24) is 4.57 Å². The Kier molecular flexibility index (Phi) is 3.47. The van der Waals surface area contributed by atoms with Gasteiger partial charge < -0.3 is 10.3 Å². The Balaban J connectivity index is 1.98. The zero-order valence-electron chi connectivity index (χ0n) is 10.8. The number of hydrogen-bond acceptors (Lipinski definition) is 1. The molecule has 1 aromatic heterocycles. The molecule has 20 heavy (non-hydrogen) atoms. The number of benzene rings is 2. The quantitative estimate of drug-likeness (QED) is 0.777. The molecule has 0 aliphatic heterocycles. The van der Waals surface area contributed by atoms with Crippen LogP contribution in [0.2, 0.25) is 5.02 Å². The molecule has 3 aromatic rings. The summed E-state index contributed by atoms with van der Waals surface area (Å²) in [6.07, 6.45) is 2.00. The van der Waals surface area contributed by atoms with Crippen LogP contribution in [0, 0.1) is 5.82 Å². The maximum atomic E-state index is 13.1. The van der Waals surface area contributed by atoms with Crippen molar-refractivity contribution in [1.29, 1.82) is 0 Å². The van der Waals surface area contributed by atoms with E-state index in [0.29, 0.717) is 18.1 Å². The standard InChI is InChI=1S/C16H14ClFN2/c17-15-8-14(18)3-2-13(15)10-20-6-5-12-7-11(9-19)1-4-16(12)20/h1-8H,9-10,19H2. The summed E-state index contributed by atoms with van der Waals surface area (Å²) in [4.78, 5) is 0. The summed E-state index contributed by atoms with van der Waals surface area (Å²) in [7, 11) is 0. The molecule has 0 aliphatic rings. The third-order valence-electron chi connectivity index (χ3n) is 3.43. The van der Waals surface area contributed by atoms with Crippen LogP contribution in [-0.2, 0) is 13.1 Å². The smallest absolute Gasteiger partial charge is 0.124 e. The molecule has 4 heteroatoms. The predicted octanol–water partition coefficient (Wildman–Crippen LogP) is 3.94. The lowest BCUT2D eigenvalue weighted by atomic mass is 10.1. The average molecular weight is 289 g/mol. The lowest BCUT2D eigenvalue weighted by molar-refractivity contribution is 0.626. The Morgan fingerprint density at radius 2 is 1.95 bits per heavy atom. The van der Waals surface area contributed by atoms with E-state index in [-0.39, 0.29) is 5.82 Å². The summed E-state index contributed by atoms with van der Waals surface area (Å²) in [5.74, 6) is -0.316. The van der Waals surface area contributed by atoms with Gasteiger partial charge in [-0.1, -0.05) is 23.7 Å². The van der Waals surface area contributed by atoms with Crippen LogP contribution in [0.4, 0.5) is 4.39 Å². The molecule has 0 saturated heterocycles. The van der Waals surface area contributed by atoms with E-state index in [0.717, 1.165) is 22.0 Å². The molecule has 0 amide bonds. The van der Waals surface area contributed by atoms with E-state index in [1.807, 2.05) is 18.3 Å². The van der Waals surface area contributed by atoms with Gasteiger partial charge in [0.2, 0.25) is 0 Å². The molecular formula is C16H14ClFN2. The largest absolute Gasteiger partial charge is 0.343 e. The molecule has 0 saturated carbocycles. The number of halogens is 2. The fourth-order valence-electron chi connectivity index (χ4n) is 2.35. The predicted molar refractivity (Wildman–Crippen MR) is 80.3 cm³/mol. The first-order valence-electron chi connectivity index (χ1n) is 6.39. The third-order valence-corrected chi connectivity index (χ3v) is 3.78. The fourth-order valence-corrected chi connectivity index (χ4v) is 2.57. The van der Waals surface area contributed by atoms with E-state index in [1.54, 1.807) is 6.07 Å². The first-order valence-corrected chi connectivity index (χ1v) is 6.77. The molecule has 0 bridgehead atoms. The highest BCUT2D eigenvalue weighted by Gasteiger charge is 2.06. The van der Waals surface area contributed by atoms with Crippen LogP contribution < -0.4 is 5.73 Å². The normalized spacial score (nSPS) is 11.2. The van der Waals surface area contributed by atoms with Crippen molar-refractivity contribution < 1.29 is 4.39 Å². The third kappa shape index (κ3) is 2.42. The molecule has 3 rings (SSSR count). The fraction of sp³-hybridized carbons (Fsp3) is 0.125. The molecule has 0 aliphatic carbocycles. The van der Waals surface area contributed by atoms with Gasteiger partial charge in [0.25, 0.3) is 0 Å². The SMILES string of the molecule is NCc1ccc2c(ccn2Cc2ccc(F)cc2Cl)c1. The molecule has 0 atom stereocenters. The molecule has 0 radical (unpaired) electrons. The van der Waals surface area contributed by atoms with Gasteiger partial charge in [-0.25, -0.2) is 4.39 Å². The van der Waals surface area contributed by atoms with Gasteiger partial charge in [0.15, 0.2) is 0 Å². The number of fused-ring (bicyclic) bond motifs is 1. The van der Waals surface area contributed by atoms with Gasteiger partial charge in [0.05, 0.1) is 0 Å². The highest BCUT2D eigenvalue weighted by molar-refractivity contribution is 6.31. The number of nitrogens with zero attached hydrogens (tertiary/aromatic N) is 1. The Labute approximate surface area is 121 Å². The molecule has 0 unspecified atom stereocenters. The van der Waals surface area contributed by atoms with Gasteiger partial charge in [0, 0.05) is 29.8 Å². The lowest BCUT2D eigenvalue weighted by Gasteiger charge is -2.08. The van der Waals surface area contributed by atoms with E-state index >= 15 is 0 Å². The van der Waals surface area contributed by atoms with Crippen molar-refractivity contribution in [2.24, 2.45) is 5.73 Å². The molecule has 0 fully saturated rings. The second-order valence-corrected chi connectivity index (χ2v) is 5.18. The van der Waals surface area contributed by atoms with E-state index in [9.17, 15) is 4.39 Å². The molecule has 1 heterocycles. The molecule has 2 aromatic carbocycles. The Morgan fingerprint density at radius 1 is 1.10 bits per heavy atom. The minimum Gasteiger partial charge on any atom is -0.343 e. The van der Waals surface area contributed by atoms with Crippen LogP contribution in [0.1, 0.15) is 11.1 Å². The highest BCUT2D eigenvalue weighted by atomic mass is 35.5. The van der Waals surface area contributed by atoms with Gasteiger partial charge in [-0.3, -0.25) is 0 Å². The minimum atomic E-state index is -0.316. The molecule has 2 N–H and O–H groups in total. The van der Waals surface area contributed by atoms with Crippen molar-refractivity contribution in [2.75, 3.05) is 0 Å². The maximum Gasteiger partial charge on any atom is 0.124 e. The first-order chi connectivity index (χ1) is 9.67. The summed E-state index contributed by atoms with van der Waals surface area (Å²) in [5, 5.41) is 1.59. The maximum absolute atomic E-state index is 13.1. The van der Waals surface area contributed by atoms with Crippen LogP contribution >= 0.6 is 11.6 Å². The van der Waals surface area contributed by atoms with Crippen LogP contribution in [0.15, 0.2) is 48.7 Å². The number of aromatic nitrogens is 1. The number of rotatable bonds is 3. The van der Waals surface area contributed by atoms with E-state index in [2.05, 4.69) is 16.7 Å². The van der Waals surface area contributed by atoms with Gasteiger partial charge >= 0.3 is 0 Å². The summed E-state index contributed by atoms with van der Waals surface area (Å²) in [6.45, 7) is 1.15. The lowest BCUT2D eigenvalue weighted by Crippen LogP contribution is -2.00. The molecule has 2 nitrogen and oxygen atoms in total. The average Bonchev–Trinajstić information content (AvgIpc) is 2.84. The van der Waals surface area contributed by atoms with Crippen molar-refractivity contribution in [3.8, 4) is 0 Å². The van der Waals surface area contributed by atoms with Crippen molar-refractivity contribution in [3.05, 3.63) is 70.6 Å². The van der Waals surface area contributed by atoms with Crippen LogP contribution in [0.5, 0.6) is 0 Å². The van der Waals surface area contributed by atoms with Crippen molar-refractivity contribution >= 4 is 22.5 Å². The topological polar surface area (TPSA) is 30.9 Å². The van der Waals surface area contributed by atoms with Gasteiger partial charge in [0.1, 0.15) is 5.82 Å². The van der Waals surface area contributed by atoms with E-state index < -0.39 is 0 Å². The van der Waals surface area contributed by atoms with E-state index in [4.69, 9.17) is 17.3 Å². The molecular weight excluding hydrogens is 275 g/mol. The zero-order valence-corrected chi connectivity index (χ0v) is 11.6. The summed E-state index contributed by atoms with van der Waals surface area (Å²) < 4.78 is 15.2. The Bertz CT molecular complexity index is 764. The van der Waals surface area contributed by atoms with Gasteiger partial charge in [-0.15, -0.1) is 0 Å². The number of hydrogen-bond donors (Lipinski definition) is 1. The Morgan fingerprint density at radius 3 is 2.70 bits per heavy atom. The second kappa shape index (κ2) is 5.27. The van der Waals surface area contributed by atoms with Gasteiger partial charge in [-0.2, -0.15) is 0 Å². The van der Waals surface area contributed by atoms with Gasteiger partial charge in [-0.05, 0) is 46.8 Å². The molecule has 0 spiro atoms. The van der Waals surface area contributed by atoms with Crippen molar-refractivity contribution in [3.63, 3.8) is 0 Å². The minimum absolute atomic E-state index is 0.316. The highest BCUT2D eigenvalue weighted by Crippen LogP contribution is 2.22. The van der Waals surface area contributed by atoms with Crippen molar-refractivity contribution in [2.45, 2.75) is 13.1 Å². The monoisotopic (exact) mass is 288 g/mol. The molecule has 102 valence electrons. The summed E-state index contributed by atoms with van der Waals surface area (Å²) in [5.41, 5.74) is 8.76. The van der Waals surface area contributed by atoms with Crippen LogP contribution in [0.3, 0.4) is 0 Å².